The fourth-order valence-electron chi connectivity index (χ4n) is 4.92. The summed E-state index contributed by atoms with van der Waals surface area (Å²) < 4.78 is 18.0. The van der Waals surface area contributed by atoms with E-state index in [-0.39, 0.29) is 36.8 Å². The number of fused-ring (bicyclic) bond motifs is 2. The van der Waals surface area contributed by atoms with Gasteiger partial charge in [0, 0.05) is 42.8 Å². The second kappa shape index (κ2) is 10.4. The summed E-state index contributed by atoms with van der Waals surface area (Å²) in [4.78, 5) is 52.9. The van der Waals surface area contributed by atoms with E-state index in [0.29, 0.717) is 26.8 Å². The number of nitrogens with one attached hydrogen (secondary N) is 1. The van der Waals surface area contributed by atoms with Crippen LogP contribution in [-0.2, 0) is 16.1 Å². The van der Waals surface area contributed by atoms with Crippen molar-refractivity contribution in [2.45, 2.75) is 39.0 Å². The lowest BCUT2D eigenvalue weighted by Crippen LogP contribution is -2.44. The molecule has 1 aliphatic rings. The fourth-order valence-corrected chi connectivity index (χ4v) is 5.22. The lowest BCUT2D eigenvalue weighted by molar-refractivity contribution is -0.137. The summed E-state index contributed by atoms with van der Waals surface area (Å²) in [6.07, 6.45) is 5.08. The number of likely N-dealkylation sites (tertiary alicyclic amines) is 1. The van der Waals surface area contributed by atoms with Crippen LogP contribution in [0.5, 0.6) is 0 Å². The molecule has 1 fully saturated rings. The lowest BCUT2D eigenvalue weighted by atomic mass is 10.0. The molecular formula is C27H23BrFN9O3. The van der Waals surface area contributed by atoms with E-state index < -0.39 is 24.0 Å². The maximum absolute atomic E-state index is 14.5. The van der Waals surface area contributed by atoms with Crippen molar-refractivity contribution in [2.24, 2.45) is 0 Å². The summed E-state index contributed by atoms with van der Waals surface area (Å²) in [6, 6.07) is 6.18. The fraction of sp³-hybridized carbons (Fsp3) is 0.259. The summed E-state index contributed by atoms with van der Waals surface area (Å²) in [5, 5.41) is 11.8. The first kappa shape index (κ1) is 26.6. The highest BCUT2D eigenvalue weighted by molar-refractivity contribution is 9.10. The highest BCUT2D eigenvalue weighted by Gasteiger charge is 2.40. The lowest BCUT2D eigenvalue weighted by Gasteiger charge is -2.23. The molecule has 0 unspecified atom stereocenters. The molecule has 12 nitrogen and oxygen atoms in total. The number of carbonyl (C=O) groups is 3. The molecule has 6 rings (SSSR count). The molecule has 41 heavy (non-hydrogen) atoms. The van der Waals surface area contributed by atoms with E-state index >= 15 is 0 Å². The smallest absolute Gasteiger partial charge is 0.248 e. The van der Waals surface area contributed by atoms with E-state index in [0.717, 1.165) is 11.1 Å². The van der Waals surface area contributed by atoms with E-state index in [1.54, 1.807) is 36.0 Å². The van der Waals surface area contributed by atoms with E-state index in [2.05, 4.69) is 46.4 Å². The molecule has 14 heteroatoms. The van der Waals surface area contributed by atoms with Crippen molar-refractivity contribution in [2.75, 3.05) is 11.9 Å². The second-order valence-corrected chi connectivity index (χ2v) is 10.5. The molecule has 208 valence electrons. The number of aryl methyl sites for hydroxylation is 1. The van der Waals surface area contributed by atoms with Crippen molar-refractivity contribution < 1.29 is 18.8 Å². The molecule has 5 aromatic rings. The third kappa shape index (κ3) is 5.06. The van der Waals surface area contributed by atoms with Crippen molar-refractivity contribution >= 4 is 55.9 Å². The Labute approximate surface area is 240 Å². The summed E-state index contributed by atoms with van der Waals surface area (Å²) in [5.74, 6) is -1.15. The first-order valence-electron chi connectivity index (χ1n) is 12.7. The number of halogens is 2. The summed E-state index contributed by atoms with van der Waals surface area (Å²) in [6.45, 7) is 2.64. The molecule has 2 amide bonds. The number of Topliss-reactive ketones (excluding diaryl/α,β-unsaturated/α-hetero) is 1. The highest BCUT2D eigenvalue weighted by Crippen LogP contribution is 2.28. The monoisotopic (exact) mass is 619 g/mol. The van der Waals surface area contributed by atoms with Gasteiger partial charge >= 0.3 is 0 Å². The topological polar surface area (TPSA) is 140 Å². The van der Waals surface area contributed by atoms with Gasteiger partial charge in [0.15, 0.2) is 17.2 Å². The van der Waals surface area contributed by atoms with E-state index in [9.17, 15) is 18.8 Å². The maximum Gasteiger partial charge on any atom is 0.248 e. The molecule has 1 aromatic carbocycles. The van der Waals surface area contributed by atoms with Crippen molar-refractivity contribution in [3.63, 3.8) is 0 Å². The number of hydrogen-bond acceptors (Lipinski definition) is 8. The summed E-state index contributed by atoms with van der Waals surface area (Å²) >= 11 is 3.27. The molecule has 5 heterocycles. The maximum atomic E-state index is 14.5. The first-order chi connectivity index (χ1) is 19.7. The molecule has 4 aromatic heterocycles. The van der Waals surface area contributed by atoms with Crippen LogP contribution < -0.4 is 5.32 Å². The Morgan fingerprint density at radius 1 is 1.15 bits per heavy atom. The number of amides is 2. The zero-order valence-electron chi connectivity index (χ0n) is 22.0. The van der Waals surface area contributed by atoms with Crippen molar-refractivity contribution in [3.05, 3.63) is 65.0 Å². The molecule has 0 saturated carbocycles. The number of carbonyl (C=O) groups excluding carboxylic acids is 3. The number of ketones is 1. The van der Waals surface area contributed by atoms with Crippen molar-refractivity contribution in [3.8, 4) is 11.1 Å². The number of hydrogen-bond donors (Lipinski definition) is 1. The number of alkyl halides is 1. The van der Waals surface area contributed by atoms with Gasteiger partial charge in [-0.15, -0.1) is 0 Å². The largest absolute Gasteiger partial charge is 0.326 e. The third-order valence-corrected chi connectivity index (χ3v) is 7.72. The van der Waals surface area contributed by atoms with Gasteiger partial charge in [-0.25, -0.2) is 18.9 Å². The Bertz CT molecular complexity index is 1850. The van der Waals surface area contributed by atoms with Crippen molar-refractivity contribution in [1.29, 1.82) is 0 Å². The van der Waals surface area contributed by atoms with Gasteiger partial charge in [-0.3, -0.25) is 24.0 Å². The Balaban J connectivity index is 1.27. The minimum Gasteiger partial charge on any atom is -0.326 e. The SMILES string of the molecule is CC(=O)c1nn(CC(=O)N2C[C@H](F)C[C@H]2C(=O)Nc2cnc(C)c(Br)n2)c2ccc(-c3cnc4ccnn4c3)cc12. The van der Waals surface area contributed by atoms with Crippen LogP contribution in [0.3, 0.4) is 0 Å². The first-order valence-corrected chi connectivity index (χ1v) is 13.5. The number of aromatic nitrogens is 7. The van der Waals surface area contributed by atoms with Gasteiger partial charge in [0.05, 0.1) is 30.1 Å². The minimum absolute atomic E-state index is 0.144. The average molecular weight is 620 g/mol. The number of anilines is 1. The standard InChI is InChI=1S/C27H23BrFN9O3/c1-14-26(28)33-22(10-30-14)34-27(41)21-8-18(29)12-36(21)24(40)13-37-20-4-3-16(7-19(20)25(35-37)15(2)39)17-9-31-23-5-6-32-38(23)11-17/h3-7,9-11,18,21H,8,12-13H2,1-2H3,(H,33,34,41)/t18-,21+/m1/s1. The van der Waals surface area contributed by atoms with Crippen LogP contribution >= 0.6 is 15.9 Å². The van der Waals surface area contributed by atoms with Crippen LogP contribution in [0.15, 0.2) is 53.7 Å². The van der Waals surface area contributed by atoms with Gasteiger partial charge in [-0.1, -0.05) is 6.07 Å². The van der Waals surface area contributed by atoms with Gasteiger partial charge in [-0.05, 0) is 40.5 Å². The van der Waals surface area contributed by atoms with E-state index in [1.165, 1.54) is 22.7 Å². The summed E-state index contributed by atoms with van der Waals surface area (Å²) in [7, 11) is 0. The molecule has 1 aliphatic heterocycles. The summed E-state index contributed by atoms with van der Waals surface area (Å²) in [5.41, 5.74) is 3.67. The second-order valence-electron chi connectivity index (χ2n) is 9.79. The van der Waals surface area contributed by atoms with Crippen LogP contribution in [0.25, 0.3) is 27.7 Å². The van der Waals surface area contributed by atoms with Crippen LogP contribution in [0.2, 0.25) is 0 Å². The third-order valence-electron chi connectivity index (χ3n) is 6.97. The molecule has 0 spiro atoms. The van der Waals surface area contributed by atoms with Gasteiger partial charge in [0.25, 0.3) is 0 Å². The van der Waals surface area contributed by atoms with Gasteiger partial charge in [0.1, 0.15) is 29.1 Å². The number of benzene rings is 1. The minimum atomic E-state index is -1.36. The molecule has 1 saturated heterocycles. The van der Waals surface area contributed by atoms with Crippen molar-refractivity contribution in [1.82, 2.24) is 39.2 Å². The van der Waals surface area contributed by atoms with Crippen LogP contribution in [0, 0.1) is 6.92 Å². The van der Waals surface area contributed by atoms with Crippen LogP contribution in [-0.4, -0.2) is 75.6 Å². The quantitative estimate of drug-likeness (QED) is 0.285. The predicted molar refractivity (Wildman–Crippen MR) is 150 cm³/mol. The van der Waals surface area contributed by atoms with Gasteiger partial charge < -0.3 is 10.2 Å². The zero-order chi connectivity index (χ0) is 28.8. The molecular weight excluding hydrogens is 597 g/mol. The Morgan fingerprint density at radius 2 is 1.98 bits per heavy atom. The normalized spacial score (nSPS) is 16.9. The number of rotatable bonds is 6. The number of nitrogens with zero attached hydrogens (tertiary/aromatic N) is 8. The predicted octanol–water partition coefficient (Wildman–Crippen LogP) is 3.39. The van der Waals surface area contributed by atoms with E-state index in [1.807, 2.05) is 18.3 Å². The van der Waals surface area contributed by atoms with Crippen LogP contribution in [0.4, 0.5) is 10.2 Å². The van der Waals surface area contributed by atoms with E-state index in [4.69, 9.17) is 0 Å². The van der Waals surface area contributed by atoms with Gasteiger partial charge in [-0.2, -0.15) is 10.2 Å². The Morgan fingerprint density at radius 3 is 2.76 bits per heavy atom. The molecule has 1 N–H and O–H groups in total. The highest BCUT2D eigenvalue weighted by atomic mass is 79.9. The Hall–Kier alpha value is -4.59. The zero-order valence-corrected chi connectivity index (χ0v) is 23.5. The average Bonchev–Trinajstić information content (AvgIpc) is 3.67. The molecule has 0 bridgehead atoms. The Kier molecular flexibility index (Phi) is 6.77. The van der Waals surface area contributed by atoms with Gasteiger partial charge in [0.2, 0.25) is 11.8 Å². The molecule has 2 atom stereocenters. The molecule has 0 aliphatic carbocycles. The molecule has 0 radical (unpaired) electrons. The van der Waals surface area contributed by atoms with Crippen LogP contribution in [0.1, 0.15) is 29.5 Å².